The molecule has 3 N–H and O–H groups in total. The average Bonchev–Trinajstić information content (AvgIpc) is 2.53. The molecule has 0 aliphatic carbocycles. The molecule has 0 amide bonds. The van der Waals surface area contributed by atoms with Crippen molar-refractivity contribution in [1.29, 1.82) is 0 Å². The van der Waals surface area contributed by atoms with Crippen LogP contribution < -0.4 is 11.1 Å². The summed E-state index contributed by atoms with van der Waals surface area (Å²) in [6.07, 6.45) is 0. The molecule has 7 heteroatoms. The number of nitrogens with two attached hydrogens (primary N) is 1. The van der Waals surface area contributed by atoms with E-state index in [9.17, 15) is 8.78 Å². The molecule has 3 rings (SSSR count). The molecule has 23 heavy (non-hydrogen) atoms. The Kier molecular flexibility index (Phi) is 4.09. The van der Waals surface area contributed by atoms with Gasteiger partial charge in [-0.25, -0.2) is 8.78 Å². The predicted molar refractivity (Wildman–Crippen MR) is 83.4 cm³/mol. The summed E-state index contributed by atoms with van der Waals surface area (Å²) in [6.45, 7) is 0.482. The fraction of sp³-hybridized carbons (Fsp3) is 0.0625. The third kappa shape index (κ3) is 3.57. The number of hydrogen-bond acceptors (Lipinski definition) is 5. The van der Waals surface area contributed by atoms with E-state index in [1.807, 2.05) is 30.3 Å². The van der Waals surface area contributed by atoms with Crippen LogP contribution in [0.25, 0.3) is 11.4 Å². The summed E-state index contributed by atoms with van der Waals surface area (Å²) in [5.41, 5.74) is 6.73. The highest BCUT2D eigenvalue weighted by Crippen LogP contribution is 2.21. The van der Waals surface area contributed by atoms with Crippen LogP contribution in [0.15, 0.2) is 48.5 Å². The van der Waals surface area contributed by atoms with Crippen molar-refractivity contribution in [1.82, 2.24) is 15.0 Å². The minimum atomic E-state index is -0.760. The van der Waals surface area contributed by atoms with Crippen LogP contribution in [0.4, 0.5) is 20.7 Å². The van der Waals surface area contributed by atoms with Gasteiger partial charge in [0.2, 0.25) is 11.9 Å². The van der Waals surface area contributed by atoms with Crippen molar-refractivity contribution in [3.05, 3.63) is 65.7 Å². The fourth-order valence-corrected chi connectivity index (χ4v) is 2.04. The monoisotopic (exact) mass is 313 g/mol. The maximum Gasteiger partial charge on any atom is 0.228 e. The zero-order chi connectivity index (χ0) is 16.2. The van der Waals surface area contributed by atoms with E-state index in [1.165, 1.54) is 6.07 Å². The summed E-state index contributed by atoms with van der Waals surface area (Å²) < 4.78 is 26.8. The molecule has 0 spiro atoms. The van der Waals surface area contributed by atoms with Gasteiger partial charge >= 0.3 is 0 Å². The van der Waals surface area contributed by atoms with Gasteiger partial charge in [0, 0.05) is 12.6 Å². The number of rotatable bonds is 4. The smallest absolute Gasteiger partial charge is 0.228 e. The molecule has 2 aromatic carbocycles. The average molecular weight is 313 g/mol. The van der Waals surface area contributed by atoms with E-state index in [0.29, 0.717) is 6.54 Å². The van der Waals surface area contributed by atoms with Gasteiger partial charge in [0.25, 0.3) is 0 Å². The first kappa shape index (κ1) is 14.8. The molecule has 5 nitrogen and oxygen atoms in total. The Balaban J connectivity index is 1.87. The maximum atomic E-state index is 13.8. The Bertz CT molecular complexity index is 824. The maximum absolute atomic E-state index is 13.8. The summed E-state index contributed by atoms with van der Waals surface area (Å²) in [7, 11) is 0. The minimum absolute atomic E-state index is 0.0468. The van der Waals surface area contributed by atoms with E-state index < -0.39 is 11.6 Å². The lowest BCUT2D eigenvalue weighted by atomic mass is 10.2. The zero-order valence-corrected chi connectivity index (χ0v) is 12.0. The normalized spacial score (nSPS) is 10.5. The van der Waals surface area contributed by atoms with Crippen LogP contribution in [0.5, 0.6) is 0 Å². The lowest BCUT2D eigenvalue weighted by Crippen LogP contribution is -2.08. The van der Waals surface area contributed by atoms with Crippen LogP contribution in [0.3, 0.4) is 0 Å². The van der Waals surface area contributed by atoms with E-state index in [1.54, 1.807) is 0 Å². The standard InChI is InChI=1S/C16H13F2N5/c17-11-6-7-12(13(18)8-11)14-21-15(19)23-16(22-14)20-9-10-4-2-1-3-5-10/h1-8H,9H2,(H3,19,20,21,22,23). The number of nitrogen functional groups attached to an aromatic ring is 1. The van der Waals surface area contributed by atoms with Gasteiger partial charge in [-0.3, -0.25) is 0 Å². The number of benzene rings is 2. The molecule has 0 unspecified atom stereocenters. The lowest BCUT2D eigenvalue weighted by Gasteiger charge is -2.08. The van der Waals surface area contributed by atoms with Crippen molar-refractivity contribution in [3.63, 3.8) is 0 Å². The SMILES string of the molecule is Nc1nc(NCc2ccccc2)nc(-c2ccc(F)cc2F)n1. The first-order valence-electron chi connectivity index (χ1n) is 6.86. The number of halogens is 2. The van der Waals surface area contributed by atoms with Crippen LogP contribution in [0.1, 0.15) is 5.56 Å². The first-order chi connectivity index (χ1) is 11.1. The van der Waals surface area contributed by atoms with Crippen molar-refractivity contribution in [2.75, 3.05) is 11.1 Å². The summed E-state index contributed by atoms with van der Waals surface area (Å²) in [6, 6.07) is 12.8. The van der Waals surface area contributed by atoms with E-state index in [-0.39, 0.29) is 23.3 Å². The highest BCUT2D eigenvalue weighted by Gasteiger charge is 2.12. The number of nitrogens with one attached hydrogen (secondary N) is 1. The molecule has 1 heterocycles. The Morgan fingerprint density at radius 3 is 2.48 bits per heavy atom. The van der Waals surface area contributed by atoms with Crippen LogP contribution in [0, 0.1) is 11.6 Å². The van der Waals surface area contributed by atoms with Gasteiger partial charge < -0.3 is 11.1 Å². The highest BCUT2D eigenvalue weighted by atomic mass is 19.1. The number of hydrogen-bond donors (Lipinski definition) is 2. The number of aromatic nitrogens is 3. The molecule has 0 radical (unpaired) electrons. The van der Waals surface area contributed by atoms with Gasteiger partial charge in [0.1, 0.15) is 11.6 Å². The molecule has 0 aliphatic rings. The topological polar surface area (TPSA) is 76.7 Å². The Labute approximate surface area is 131 Å². The molecule has 0 aliphatic heterocycles. The molecular formula is C16H13F2N5. The Morgan fingerprint density at radius 1 is 0.957 bits per heavy atom. The Hall–Kier alpha value is -3.09. The second-order valence-corrected chi connectivity index (χ2v) is 4.80. The summed E-state index contributed by atoms with van der Waals surface area (Å²) in [4.78, 5) is 12.0. The van der Waals surface area contributed by atoms with Crippen molar-refractivity contribution in [2.24, 2.45) is 0 Å². The number of anilines is 2. The van der Waals surface area contributed by atoms with Gasteiger partial charge in [0.15, 0.2) is 5.82 Å². The molecule has 3 aromatic rings. The highest BCUT2D eigenvalue weighted by molar-refractivity contribution is 5.58. The van der Waals surface area contributed by atoms with E-state index in [0.717, 1.165) is 17.7 Å². The third-order valence-corrected chi connectivity index (χ3v) is 3.12. The first-order valence-corrected chi connectivity index (χ1v) is 6.86. The second-order valence-electron chi connectivity index (χ2n) is 4.80. The van der Waals surface area contributed by atoms with Crippen LogP contribution in [-0.4, -0.2) is 15.0 Å². The third-order valence-electron chi connectivity index (χ3n) is 3.12. The molecule has 0 bridgehead atoms. The predicted octanol–water partition coefficient (Wildman–Crippen LogP) is 3.01. The van der Waals surface area contributed by atoms with Crippen molar-refractivity contribution in [3.8, 4) is 11.4 Å². The zero-order valence-electron chi connectivity index (χ0n) is 12.0. The summed E-state index contributed by atoms with van der Waals surface area (Å²) >= 11 is 0. The van der Waals surface area contributed by atoms with Gasteiger partial charge in [-0.15, -0.1) is 0 Å². The van der Waals surface area contributed by atoms with E-state index in [2.05, 4.69) is 20.3 Å². The number of nitrogens with zero attached hydrogens (tertiary/aromatic N) is 3. The van der Waals surface area contributed by atoms with Crippen LogP contribution in [-0.2, 0) is 6.54 Å². The summed E-state index contributed by atoms with van der Waals surface area (Å²) in [5, 5.41) is 3.00. The Morgan fingerprint density at radius 2 is 1.74 bits per heavy atom. The quantitative estimate of drug-likeness (QED) is 0.774. The largest absolute Gasteiger partial charge is 0.368 e. The van der Waals surface area contributed by atoms with Crippen LogP contribution >= 0.6 is 0 Å². The summed E-state index contributed by atoms with van der Waals surface area (Å²) in [5.74, 6) is -1.21. The van der Waals surface area contributed by atoms with Crippen molar-refractivity contribution in [2.45, 2.75) is 6.54 Å². The molecule has 0 fully saturated rings. The molecule has 0 saturated carbocycles. The van der Waals surface area contributed by atoms with Crippen molar-refractivity contribution >= 4 is 11.9 Å². The molecule has 0 saturated heterocycles. The van der Waals surface area contributed by atoms with E-state index in [4.69, 9.17) is 5.73 Å². The van der Waals surface area contributed by atoms with Gasteiger partial charge in [-0.05, 0) is 17.7 Å². The molecular weight excluding hydrogens is 300 g/mol. The van der Waals surface area contributed by atoms with E-state index >= 15 is 0 Å². The van der Waals surface area contributed by atoms with Gasteiger partial charge in [-0.2, -0.15) is 15.0 Å². The molecule has 1 aromatic heterocycles. The molecule has 0 atom stereocenters. The van der Waals surface area contributed by atoms with Gasteiger partial charge in [0.05, 0.1) is 5.56 Å². The minimum Gasteiger partial charge on any atom is -0.368 e. The van der Waals surface area contributed by atoms with Gasteiger partial charge in [-0.1, -0.05) is 30.3 Å². The lowest BCUT2D eigenvalue weighted by molar-refractivity contribution is 0.585. The van der Waals surface area contributed by atoms with Crippen molar-refractivity contribution < 1.29 is 8.78 Å². The van der Waals surface area contributed by atoms with Crippen LogP contribution in [0.2, 0.25) is 0 Å². The molecule has 116 valence electrons. The second kappa shape index (κ2) is 6.35. The fourth-order valence-electron chi connectivity index (χ4n) is 2.04.